The first-order valence-corrected chi connectivity index (χ1v) is 9.96. The van der Waals surface area contributed by atoms with E-state index in [-0.39, 0.29) is 5.82 Å². The molecule has 2 heterocycles. The average Bonchev–Trinajstić information content (AvgIpc) is 3.38. The summed E-state index contributed by atoms with van der Waals surface area (Å²) in [4.78, 5) is 2.52. The summed E-state index contributed by atoms with van der Waals surface area (Å²) in [6.07, 6.45) is 2.92. The third-order valence-corrected chi connectivity index (χ3v) is 5.37. The zero-order chi connectivity index (χ0) is 19.2. The fraction of sp³-hybridized carbons (Fsp3) is 0.348. The van der Waals surface area contributed by atoms with Gasteiger partial charge in [-0.2, -0.15) is 5.10 Å². The van der Waals surface area contributed by atoms with Gasteiger partial charge in [-0.1, -0.05) is 42.5 Å². The molecular formula is C23H26FN3O. The molecule has 1 unspecified atom stereocenters. The number of nitrogens with zero attached hydrogens (tertiary/aromatic N) is 2. The summed E-state index contributed by atoms with van der Waals surface area (Å²) < 4.78 is 19.1. The molecular weight excluding hydrogens is 353 g/mol. The molecule has 0 radical (unpaired) electrons. The van der Waals surface area contributed by atoms with Gasteiger partial charge in [-0.3, -0.25) is 5.10 Å². The Bertz CT molecular complexity index is 880. The number of H-pyrrole nitrogens is 1. The highest BCUT2D eigenvalue weighted by Crippen LogP contribution is 2.26. The van der Waals surface area contributed by atoms with Gasteiger partial charge in [-0.15, -0.1) is 0 Å². The molecule has 5 heteroatoms. The van der Waals surface area contributed by atoms with Gasteiger partial charge >= 0.3 is 0 Å². The first-order valence-electron chi connectivity index (χ1n) is 9.96. The van der Waals surface area contributed by atoms with Crippen molar-refractivity contribution in [2.45, 2.75) is 25.2 Å². The van der Waals surface area contributed by atoms with Crippen molar-refractivity contribution in [3.63, 3.8) is 0 Å². The molecule has 3 aromatic rings. The number of nitrogens with one attached hydrogen (secondary N) is 1. The van der Waals surface area contributed by atoms with Crippen LogP contribution in [0.3, 0.4) is 0 Å². The highest BCUT2D eigenvalue weighted by atomic mass is 19.1. The molecule has 2 aromatic carbocycles. The van der Waals surface area contributed by atoms with Crippen LogP contribution in [0.25, 0.3) is 0 Å². The first kappa shape index (κ1) is 18.7. The second-order valence-electron chi connectivity index (χ2n) is 7.37. The Morgan fingerprint density at radius 2 is 1.89 bits per heavy atom. The Labute approximate surface area is 165 Å². The largest absolute Gasteiger partial charge is 0.490 e. The van der Waals surface area contributed by atoms with Gasteiger partial charge in [-0.05, 0) is 43.1 Å². The van der Waals surface area contributed by atoms with Crippen molar-refractivity contribution in [1.29, 1.82) is 0 Å². The highest BCUT2D eigenvalue weighted by molar-refractivity contribution is 5.24. The van der Waals surface area contributed by atoms with E-state index in [9.17, 15) is 4.39 Å². The number of likely N-dealkylation sites (tertiary alicyclic amines) is 1. The predicted molar refractivity (Wildman–Crippen MR) is 108 cm³/mol. The van der Waals surface area contributed by atoms with Gasteiger partial charge in [0, 0.05) is 31.1 Å². The van der Waals surface area contributed by atoms with Crippen molar-refractivity contribution in [2.75, 3.05) is 26.2 Å². The van der Waals surface area contributed by atoms with E-state index in [1.54, 1.807) is 18.2 Å². The molecule has 0 amide bonds. The number of ether oxygens (including phenoxy) is 1. The van der Waals surface area contributed by atoms with Gasteiger partial charge in [0.1, 0.15) is 0 Å². The fourth-order valence-corrected chi connectivity index (χ4v) is 3.76. The smallest absolute Gasteiger partial charge is 0.165 e. The Morgan fingerprint density at radius 3 is 2.75 bits per heavy atom. The van der Waals surface area contributed by atoms with Gasteiger partial charge in [0.2, 0.25) is 0 Å². The summed E-state index contributed by atoms with van der Waals surface area (Å²) in [6.45, 7) is 3.70. The standard InChI is InChI=1S/C23H26FN3O/c24-21-8-4-5-9-23(21)28-15-12-20-16-22(26-25-20)19-11-14-27(17-19)13-10-18-6-2-1-3-7-18/h1-9,16,19H,10-15,17H2,(H,25,26). The van der Waals surface area contributed by atoms with E-state index in [1.165, 1.54) is 11.6 Å². The zero-order valence-corrected chi connectivity index (χ0v) is 16.0. The monoisotopic (exact) mass is 379 g/mol. The molecule has 1 saturated heterocycles. The van der Waals surface area contributed by atoms with Crippen LogP contribution in [0.1, 0.15) is 29.3 Å². The fourth-order valence-electron chi connectivity index (χ4n) is 3.76. The average molecular weight is 379 g/mol. The van der Waals surface area contributed by atoms with Crippen molar-refractivity contribution in [1.82, 2.24) is 15.1 Å². The van der Waals surface area contributed by atoms with Gasteiger partial charge < -0.3 is 9.64 Å². The molecule has 1 atom stereocenters. The van der Waals surface area contributed by atoms with Crippen molar-refractivity contribution >= 4 is 0 Å². The van der Waals surface area contributed by atoms with Crippen LogP contribution < -0.4 is 4.74 Å². The Hall–Kier alpha value is -2.66. The number of aromatic amines is 1. The highest BCUT2D eigenvalue weighted by Gasteiger charge is 2.25. The Balaban J connectivity index is 1.23. The van der Waals surface area contributed by atoms with Gasteiger partial charge in [0.25, 0.3) is 0 Å². The maximum absolute atomic E-state index is 13.6. The summed E-state index contributed by atoms with van der Waals surface area (Å²) in [6, 6.07) is 19.3. The third kappa shape index (κ3) is 4.78. The van der Waals surface area contributed by atoms with Crippen LogP contribution in [0, 0.1) is 5.82 Å². The molecule has 0 spiro atoms. The second kappa shape index (κ2) is 9.02. The third-order valence-electron chi connectivity index (χ3n) is 5.37. The van der Waals surface area contributed by atoms with E-state index in [0.29, 0.717) is 24.7 Å². The Morgan fingerprint density at radius 1 is 1.07 bits per heavy atom. The SMILES string of the molecule is Fc1ccccc1OCCc1cc(C2CCN(CCc3ccccc3)C2)n[nH]1. The maximum Gasteiger partial charge on any atom is 0.165 e. The molecule has 1 aliphatic heterocycles. The number of benzene rings is 2. The van der Waals surface area contributed by atoms with Crippen LogP contribution in [0.2, 0.25) is 0 Å². The molecule has 0 bridgehead atoms. The van der Waals surface area contributed by atoms with Gasteiger partial charge in [0.15, 0.2) is 11.6 Å². The quantitative estimate of drug-likeness (QED) is 0.638. The molecule has 0 aliphatic carbocycles. The molecule has 1 N–H and O–H groups in total. The minimum absolute atomic E-state index is 0.298. The molecule has 1 aromatic heterocycles. The van der Waals surface area contributed by atoms with Gasteiger partial charge in [0.05, 0.1) is 12.3 Å². The summed E-state index contributed by atoms with van der Waals surface area (Å²) in [5, 5.41) is 7.63. The second-order valence-corrected chi connectivity index (χ2v) is 7.37. The van der Waals surface area contributed by atoms with E-state index < -0.39 is 0 Å². The van der Waals surface area contributed by atoms with E-state index in [4.69, 9.17) is 4.74 Å². The van der Waals surface area contributed by atoms with Crippen molar-refractivity contribution in [3.05, 3.63) is 83.4 Å². The minimum atomic E-state index is -0.325. The van der Waals surface area contributed by atoms with Crippen LogP contribution in [0.5, 0.6) is 5.75 Å². The summed E-state index contributed by atoms with van der Waals surface area (Å²) >= 11 is 0. The lowest BCUT2D eigenvalue weighted by Crippen LogP contribution is -2.23. The first-order chi connectivity index (χ1) is 13.8. The lowest BCUT2D eigenvalue weighted by molar-refractivity contribution is 0.304. The van der Waals surface area contributed by atoms with E-state index >= 15 is 0 Å². The Kier molecular flexibility index (Phi) is 6.02. The number of aromatic nitrogens is 2. The molecule has 4 rings (SSSR count). The number of halogens is 1. The maximum atomic E-state index is 13.6. The lowest BCUT2D eigenvalue weighted by atomic mass is 10.0. The topological polar surface area (TPSA) is 41.1 Å². The van der Waals surface area contributed by atoms with Crippen LogP contribution in [-0.2, 0) is 12.8 Å². The summed E-state index contributed by atoms with van der Waals surface area (Å²) in [7, 11) is 0. The van der Waals surface area contributed by atoms with E-state index in [2.05, 4.69) is 51.5 Å². The van der Waals surface area contributed by atoms with E-state index in [0.717, 1.165) is 43.9 Å². The van der Waals surface area contributed by atoms with Crippen LogP contribution in [-0.4, -0.2) is 41.3 Å². The van der Waals surface area contributed by atoms with Gasteiger partial charge in [-0.25, -0.2) is 4.39 Å². The number of hydrogen-bond donors (Lipinski definition) is 1. The zero-order valence-electron chi connectivity index (χ0n) is 16.0. The molecule has 1 aliphatic rings. The van der Waals surface area contributed by atoms with Crippen molar-refractivity contribution in [3.8, 4) is 5.75 Å². The molecule has 1 fully saturated rings. The van der Waals surface area contributed by atoms with Crippen molar-refractivity contribution < 1.29 is 9.13 Å². The lowest BCUT2D eigenvalue weighted by Gasteiger charge is -2.15. The number of para-hydroxylation sites is 1. The number of hydrogen-bond acceptors (Lipinski definition) is 3. The molecule has 4 nitrogen and oxygen atoms in total. The van der Waals surface area contributed by atoms with Crippen LogP contribution in [0.4, 0.5) is 4.39 Å². The molecule has 0 saturated carbocycles. The molecule has 146 valence electrons. The summed E-state index contributed by atoms with van der Waals surface area (Å²) in [5.41, 5.74) is 3.56. The number of rotatable bonds is 8. The van der Waals surface area contributed by atoms with Crippen LogP contribution >= 0.6 is 0 Å². The van der Waals surface area contributed by atoms with Crippen molar-refractivity contribution in [2.24, 2.45) is 0 Å². The minimum Gasteiger partial charge on any atom is -0.490 e. The normalized spacial score (nSPS) is 17.1. The van der Waals surface area contributed by atoms with E-state index in [1.807, 2.05) is 0 Å². The predicted octanol–water partition coefficient (Wildman–Crippen LogP) is 4.20. The molecule has 28 heavy (non-hydrogen) atoms. The van der Waals surface area contributed by atoms with Crippen LogP contribution in [0.15, 0.2) is 60.7 Å². The summed E-state index contributed by atoms with van der Waals surface area (Å²) in [5.74, 6) is 0.453.